The maximum Gasteiger partial charge on any atom is 0.269 e. The number of nitrogens with zero attached hydrogens (tertiary/aromatic N) is 1. The van der Waals surface area contributed by atoms with Crippen molar-refractivity contribution in [1.29, 1.82) is 0 Å². The summed E-state index contributed by atoms with van der Waals surface area (Å²) in [4.78, 5) is 10.6. The highest BCUT2D eigenvalue weighted by molar-refractivity contribution is 5.67. The molecule has 0 saturated carbocycles. The molecule has 0 saturated heterocycles. The minimum atomic E-state index is -0.361. The summed E-state index contributed by atoms with van der Waals surface area (Å²) in [5.74, 6) is 1.62. The number of hydrogen-bond acceptors (Lipinski definition) is 4. The second-order valence-corrected chi connectivity index (χ2v) is 6.48. The zero-order chi connectivity index (χ0) is 17.4. The van der Waals surface area contributed by atoms with Crippen LogP contribution in [0.25, 0.3) is 0 Å². The lowest BCUT2D eigenvalue weighted by Gasteiger charge is -2.38. The normalized spacial score (nSPS) is 23.5. The Morgan fingerprint density at radius 3 is 2.76 bits per heavy atom. The van der Waals surface area contributed by atoms with Gasteiger partial charge in [0.05, 0.1) is 23.3 Å². The molecule has 0 spiro atoms. The molecule has 1 heterocycles. The topological polar surface area (TPSA) is 64.4 Å². The van der Waals surface area contributed by atoms with Crippen molar-refractivity contribution in [3.8, 4) is 5.75 Å². The third-order valence-electron chi connectivity index (χ3n) is 5.12. The van der Waals surface area contributed by atoms with Crippen LogP contribution in [0.5, 0.6) is 5.75 Å². The molecule has 0 radical (unpaired) electrons. The zero-order valence-electron chi connectivity index (χ0n) is 14.0. The summed E-state index contributed by atoms with van der Waals surface area (Å²) in [5.41, 5.74) is 3.50. The van der Waals surface area contributed by atoms with E-state index < -0.39 is 0 Å². The number of non-ortho nitro benzene ring substituents is 1. The molecule has 1 aliphatic carbocycles. The number of anilines is 1. The van der Waals surface area contributed by atoms with Crippen molar-refractivity contribution < 1.29 is 9.66 Å². The van der Waals surface area contributed by atoms with E-state index in [0.29, 0.717) is 18.4 Å². The predicted octanol–water partition coefficient (Wildman–Crippen LogP) is 4.82. The summed E-state index contributed by atoms with van der Waals surface area (Å²) in [6.45, 7) is 2.60. The van der Waals surface area contributed by atoms with Crippen LogP contribution in [0.2, 0.25) is 0 Å². The summed E-state index contributed by atoms with van der Waals surface area (Å²) < 4.78 is 5.81. The quantitative estimate of drug-likeness (QED) is 0.494. The molecule has 0 fully saturated rings. The third kappa shape index (κ3) is 2.65. The van der Waals surface area contributed by atoms with Crippen molar-refractivity contribution in [3.63, 3.8) is 0 Å². The fourth-order valence-corrected chi connectivity index (χ4v) is 4.00. The van der Waals surface area contributed by atoms with Gasteiger partial charge in [0.25, 0.3) is 5.69 Å². The van der Waals surface area contributed by atoms with Crippen LogP contribution in [0.3, 0.4) is 0 Å². The summed E-state index contributed by atoms with van der Waals surface area (Å²) in [7, 11) is 0. The first-order valence-corrected chi connectivity index (χ1v) is 8.62. The van der Waals surface area contributed by atoms with Crippen molar-refractivity contribution in [3.05, 3.63) is 75.9 Å². The molecule has 1 aliphatic heterocycles. The predicted molar refractivity (Wildman–Crippen MR) is 97.1 cm³/mol. The average molecular weight is 336 g/mol. The molecule has 0 aromatic heterocycles. The molecule has 5 nitrogen and oxygen atoms in total. The standard InChI is InChI=1S/C20H20N2O3/c1-2-25-18-8-4-7-17-15-5-3-6-16(15)19(21-20(17)18)13-9-11-14(12-10-13)22(23)24/h3-5,7-12,15-16,19,21H,2,6H2,1H3. The van der Waals surface area contributed by atoms with Gasteiger partial charge in [-0.15, -0.1) is 0 Å². The van der Waals surface area contributed by atoms with Gasteiger partial charge in [-0.2, -0.15) is 0 Å². The van der Waals surface area contributed by atoms with Crippen LogP contribution in [0, 0.1) is 16.0 Å². The number of benzene rings is 2. The van der Waals surface area contributed by atoms with Gasteiger partial charge in [-0.25, -0.2) is 0 Å². The van der Waals surface area contributed by atoms with Gasteiger partial charge >= 0.3 is 0 Å². The highest BCUT2D eigenvalue weighted by Crippen LogP contribution is 2.52. The maximum atomic E-state index is 10.9. The van der Waals surface area contributed by atoms with E-state index in [2.05, 4.69) is 23.5 Å². The minimum Gasteiger partial charge on any atom is -0.492 e. The molecular formula is C20H20N2O3. The molecule has 2 aromatic carbocycles. The molecule has 4 rings (SSSR count). The Morgan fingerprint density at radius 1 is 1.24 bits per heavy atom. The maximum absolute atomic E-state index is 10.9. The van der Waals surface area contributed by atoms with E-state index in [-0.39, 0.29) is 16.7 Å². The van der Waals surface area contributed by atoms with E-state index in [0.717, 1.165) is 23.4 Å². The number of hydrogen-bond donors (Lipinski definition) is 1. The molecule has 25 heavy (non-hydrogen) atoms. The Kier molecular flexibility index (Phi) is 3.92. The number of nitro benzene ring substituents is 1. The number of nitrogens with one attached hydrogen (secondary N) is 1. The molecule has 1 N–H and O–H groups in total. The Balaban J connectivity index is 1.74. The lowest BCUT2D eigenvalue weighted by Crippen LogP contribution is -2.29. The molecule has 128 valence electrons. The van der Waals surface area contributed by atoms with E-state index in [1.165, 1.54) is 5.56 Å². The molecule has 3 unspecified atom stereocenters. The van der Waals surface area contributed by atoms with Crippen LogP contribution < -0.4 is 10.1 Å². The Labute approximate surface area is 146 Å². The second-order valence-electron chi connectivity index (χ2n) is 6.48. The lowest BCUT2D eigenvalue weighted by molar-refractivity contribution is -0.384. The number of para-hydroxylation sites is 1. The molecule has 3 atom stereocenters. The van der Waals surface area contributed by atoms with Gasteiger partial charge in [0.1, 0.15) is 5.75 Å². The monoisotopic (exact) mass is 336 g/mol. The van der Waals surface area contributed by atoms with Crippen LogP contribution in [-0.4, -0.2) is 11.5 Å². The first-order chi connectivity index (χ1) is 12.2. The van der Waals surface area contributed by atoms with Gasteiger partial charge in [-0.05, 0) is 36.5 Å². The molecular weight excluding hydrogens is 316 g/mol. The third-order valence-corrected chi connectivity index (χ3v) is 5.12. The summed E-state index contributed by atoms with van der Waals surface area (Å²) in [6, 6.07) is 13.2. The van der Waals surface area contributed by atoms with Crippen molar-refractivity contribution in [2.45, 2.75) is 25.3 Å². The zero-order valence-corrected chi connectivity index (χ0v) is 14.0. The SMILES string of the molecule is CCOc1cccc2c1NC(c1ccc([N+](=O)[O-])cc1)C1CC=CC21. The van der Waals surface area contributed by atoms with Gasteiger partial charge < -0.3 is 10.1 Å². The van der Waals surface area contributed by atoms with Gasteiger partial charge in [0.2, 0.25) is 0 Å². The van der Waals surface area contributed by atoms with E-state index in [4.69, 9.17) is 4.74 Å². The van der Waals surface area contributed by atoms with Gasteiger partial charge in [0.15, 0.2) is 0 Å². The number of ether oxygens (including phenoxy) is 1. The highest BCUT2D eigenvalue weighted by atomic mass is 16.6. The first kappa shape index (κ1) is 15.7. The number of allylic oxidation sites excluding steroid dienone is 2. The van der Waals surface area contributed by atoms with Crippen LogP contribution in [0.1, 0.15) is 36.4 Å². The van der Waals surface area contributed by atoms with Gasteiger partial charge in [-0.3, -0.25) is 10.1 Å². The average Bonchev–Trinajstić information content (AvgIpc) is 3.12. The molecule has 2 aliphatic rings. The molecule has 0 amide bonds. The second kappa shape index (κ2) is 6.24. The van der Waals surface area contributed by atoms with Gasteiger partial charge in [0, 0.05) is 18.1 Å². The Bertz CT molecular complexity index is 829. The Morgan fingerprint density at radius 2 is 2.04 bits per heavy atom. The molecule has 5 heteroatoms. The summed E-state index contributed by atoms with van der Waals surface area (Å²) in [5, 5.41) is 14.6. The fourth-order valence-electron chi connectivity index (χ4n) is 4.00. The highest BCUT2D eigenvalue weighted by Gasteiger charge is 2.39. The van der Waals surface area contributed by atoms with Crippen LogP contribution >= 0.6 is 0 Å². The summed E-state index contributed by atoms with van der Waals surface area (Å²) in [6.07, 6.45) is 5.51. The van der Waals surface area contributed by atoms with Crippen LogP contribution in [0.15, 0.2) is 54.6 Å². The van der Waals surface area contributed by atoms with E-state index in [1.807, 2.05) is 31.2 Å². The largest absolute Gasteiger partial charge is 0.492 e. The van der Waals surface area contributed by atoms with Crippen LogP contribution in [0.4, 0.5) is 11.4 Å². The fraction of sp³-hybridized carbons (Fsp3) is 0.300. The molecule has 2 aromatic rings. The number of nitro groups is 1. The van der Waals surface area contributed by atoms with Crippen LogP contribution in [-0.2, 0) is 0 Å². The first-order valence-electron chi connectivity index (χ1n) is 8.62. The Hall–Kier alpha value is -2.82. The minimum absolute atomic E-state index is 0.106. The number of fused-ring (bicyclic) bond motifs is 3. The van der Waals surface area contributed by atoms with Crippen molar-refractivity contribution in [1.82, 2.24) is 0 Å². The molecule has 0 bridgehead atoms. The van der Waals surface area contributed by atoms with Crippen molar-refractivity contribution >= 4 is 11.4 Å². The van der Waals surface area contributed by atoms with E-state index in [1.54, 1.807) is 12.1 Å². The number of rotatable bonds is 4. The van der Waals surface area contributed by atoms with Crippen molar-refractivity contribution in [2.24, 2.45) is 5.92 Å². The lowest BCUT2D eigenvalue weighted by atomic mass is 9.77. The van der Waals surface area contributed by atoms with E-state index >= 15 is 0 Å². The summed E-state index contributed by atoms with van der Waals surface area (Å²) >= 11 is 0. The van der Waals surface area contributed by atoms with Gasteiger partial charge in [-0.1, -0.05) is 36.4 Å². The van der Waals surface area contributed by atoms with E-state index in [9.17, 15) is 10.1 Å². The smallest absolute Gasteiger partial charge is 0.269 e. The van der Waals surface area contributed by atoms with Crippen molar-refractivity contribution in [2.75, 3.05) is 11.9 Å².